The molecule has 0 aromatic carbocycles. The van der Waals surface area contributed by atoms with E-state index in [9.17, 15) is 4.79 Å². The highest BCUT2D eigenvalue weighted by Gasteiger charge is 2.17. The van der Waals surface area contributed by atoms with Crippen molar-refractivity contribution in [2.75, 3.05) is 26.8 Å². The molecule has 0 amide bonds. The van der Waals surface area contributed by atoms with E-state index in [-0.39, 0.29) is 18.6 Å². The minimum Gasteiger partial charge on any atom is -0.461 e. The molecule has 1 saturated heterocycles. The monoisotopic (exact) mass is 173 g/mol. The lowest BCUT2D eigenvalue weighted by atomic mass is 10.1. The van der Waals surface area contributed by atoms with Crippen molar-refractivity contribution in [2.24, 2.45) is 0 Å². The molecule has 0 aromatic heterocycles. The molecular formula is C8H15NO3. The highest BCUT2D eigenvalue weighted by Crippen LogP contribution is 2.10. The number of carbonyl (C=O) groups is 1. The van der Waals surface area contributed by atoms with E-state index in [4.69, 9.17) is 9.47 Å². The molecule has 1 heterocycles. The normalized spacial score (nSPS) is 19.1. The molecule has 12 heavy (non-hydrogen) atoms. The van der Waals surface area contributed by atoms with Crippen molar-refractivity contribution >= 4 is 5.97 Å². The van der Waals surface area contributed by atoms with Gasteiger partial charge in [0.05, 0.1) is 19.8 Å². The second-order valence-corrected chi connectivity index (χ2v) is 2.83. The van der Waals surface area contributed by atoms with Crippen molar-refractivity contribution in [3.05, 3.63) is 0 Å². The van der Waals surface area contributed by atoms with E-state index >= 15 is 0 Å². The average Bonchev–Trinajstić information content (AvgIpc) is 2.06. The molecule has 0 saturated carbocycles. The van der Waals surface area contributed by atoms with Gasteiger partial charge in [0.1, 0.15) is 6.10 Å². The highest BCUT2D eigenvalue weighted by atomic mass is 16.6. The third-order valence-corrected chi connectivity index (χ3v) is 1.79. The molecule has 0 bridgehead atoms. The number of ether oxygens (including phenoxy) is 2. The van der Waals surface area contributed by atoms with Gasteiger partial charge in [-0.1, -0.05) is 0 Å². The van der Waals surface area contributed by atoms with Crippen molar-refractivity contribution < 1.29 is 14.3 Å². The Balaban J connectivity index is 2.15. The molecular weight excluding hydrogens is 158 g/mol. The molecule has 0 aliphatic carbocycles. The summed E-state index contributed by atoms with van der Waals surface area (Å²) in [5.74, 6) is -0.176. The summed E-state index contributed by atoms with van der Waals surface area (Å²) in [7, 11) is 1.73. The molecule has 70 valence electrons. The van der Waals surface area contributed by atoms with Crippen molar-refractivity contribution in [1.29, 1.82) is 0 Å². The number of hydrogen-bond acceptors (Lipinski definition) is 4. The summed E-state index contributed by atoms with van der Waals surface area (Å²) in [5, 5.41) is 2.75. The zero-order valence-corrected chi connectivity index (χ0v) is 7.34. The molecule has 1 fully saturated rings. The van der Waals surface area contributed by atoms with Crippen LogP contribution in [0.25, 0.3) is 0 Å². The lowest BCUT2D eigenvalue weighted by molar-refractivity contribution is -0.151. The number of likely N-dealkylation sites (N-methyl/N-ethyl adjacent to an activating group) is 1. The topological polar surface area (TPSA) is 47.6 Å². The van der Waals surface area contributed by atoms with Gasteiger partial charge in [-0.25, -0.2) is 0 Å². The predicted molar refractivity (Wildman–Crippen MR) is 43.9 cm³/mol. The third kappa shape index (κ3) is 3.19. The maximum absolute atomic E-state index is 11.0. The van der Waals surface area contributed by atoms with Crippen LogP contribution in [0.2, 0.25) is 0 Å². The van der Waals surface area contributed by atoms with Crippen LogP contribution >= 0.6 is 0 Å². The Morgan fingerprint density at radius 3 is 2.83 bits per heavy atom. The van der Waals surface area contributed by atoms with Crippen LogP contribution in [-0.4, -0.2) is 38.9 Å². The standard InChI is InChI=1S/C8H15NO3/c1-9-6-8(10)12-7-2-4-11-5-3-7/h7,9H,2-6H2,1H3. The zero-order valence-electron chi connectivity index (χ0n) is 7.34. The largest absolute Gasteiger partial charge is 0.461 e. The summed E-state index contributed by atoms with van der Waals surface area (Å²) in [6.07, 6.45) is 1.73. The fourth-order valence-electron chi connectivity index (χ4n) is 1.17. The fourth-order valence-corrected chi connectivity index (χ4v) is 1.17. The number of esters is 1. The van der Waals surface area contributed by atoms with Crippen LogP contribution in [0.1, 0.15) is 12.8 Å². The first-order valence-corrected chi connectivity index (χ1v) is 4.24. The van der Waals surface area contributed by atoms with Gasteiger partial charge in [-0.3, -0.25) is 4.79 Å². The maximum Gasteiger partial charge on any atom is 0.320 e. The Morgan fingerprint density at radius 2 is 2.25 bits per heavy atom. The molecule has 4 heteroatoms. The van der Waals surface area contributed by atoms with Crippen molar-refractivity contribution in [1.82, 2.24) is 5.32 Å². The Bertz CT molecular complexity index is 143. The van der Waals surface area contributed by atoms with Crippen LogP contribution in [0.3, 0.4) is 0 Å². The number of carbonyl (C=O) groups excluding carboxylic acids is 1. The first-order chi connectivity index (χ1) is 5.83. The van der Waals surface area contributed by atoms with E-state index in [0.29, 0.717) is 13.2 Å². The van der Waals surface area contributed by atoms with Gasteiger partial charge < -0.3 is 14.8 Å². The molecule has 0 aromatic rings. The van der Waals surface area contributed by atoms with Gasteiger partial charge in [-0.2, -0.15) is 0 Å². The van der Waals surface area contributed by atoms with Crippen LogP contribution in [-0.2, 0) is 14.3 Å². The lowest BCUT2D eigenvalue weighted by Crippen LogP contribution is -2.30. The Morgan fingerprint density at radius 1 is 1.58 bits per heavy atom. The smallest absolute Gasteiger partial charge is 0.320 e. The maximum atomic E-state index is 11.0. The fraction of sp³-hybridized carbons (Fsp3) is 0.875. The summed E-state index contributed by atoms with van der Waals surface area (Å²) in [6, 6.07) is 0. The Kier molecular flexibility index (Phi) is 4.04. The molecule has 4 nitrogen and oxygen atoms in total. The van der Waals surface area contributed by atoms with Crippen LogP contribution in [0.15, 0.2) is 0 Å². The minimum atomic E-state index is -0.176. The van der Waals surface area contributed by atoms with Gasteiger partial charge in [0.2, 0.25) is 0 Å². The molecule has 0 radical (unpaired) electrons. The molecule has 1 N–H and O–H groups in total. The van der Waals surface area contributed by atoms with Crippen molar-refractivity contribution in [2.45, 2.75) is 18.9 Å². The van der Waals surface area contributed by atoms with Gasteiger partial charge in [0.15, 0.2) is 0 Å². The average molecular weight is 173 g/mol. The number of rotatable bonds is 3. The molecule has 0 atom stereocenters. The molecule has 1 rings (SSSR count). The molecule has 0 spiro atoms. The number of hydrogen-bond donors (Lipinski definition) is 1. The second-order valence-electron chi connectivity index (χ2n) is 2.83. The van der Waals surface area contributed by atoms with Gasteiger partial charge in [-0.05, 0) is 7.05 Å². The molecule has 1 aliphatic rings. The molecule has 1 aliphatic heterocycles. The van der Waals surface area contributed by atoms with Crippen LogP contribution in [0.5, 0.6) is 0 Å². The van der Waals surface area contributed by atoms with Crippen LogP contribution in [0, 0.1) is 0 Å². The van der Waals surface area contributed by atoms with Crippen molar-refractivity contribution in [3.63, 3.8) is 0 Å². The first kappa shape index (κ1) is 9.48. The summed E-state index contributed by atoms with van der Waals surface area (Å²) in [4.78, 5) is 11.0. The molecule has 0 unspecified atom stereocenters. The highest BCUT2D eigenvalue weighted by molar-refractivity contribution is 5.71. The van der Waals surface area contributed by atoms with E-state index in [1.807, 2.05) is 0 Å². The van der Waals surface area contributed by atoms with E-state index in [1.54, 1.807) is 7.05 Å². The summed E-state index contributed by atoms with van der Waals surface area (Å²) in [6.45, 7) is 1.70. The first-order valence-electron chi connectivity index (χ1n) is 4.24. The Hall–Kier alpha value is -0.610. The Labute approximate surface area is 72.2 Å². The predicted octanol–water partition coefficient (Wildman–Crippen LogP) is -0.0720. The second kappa shape index (κ2) is 5.11. The van der Waals surface area contributed by atoms with Gasteiger partial charge in [0, 0.05) is 12.8 Å². The van der Waals surface area contributed by atoms with Gasteiger partial charge >= 0.3 is 5.97 Å². The van der Waals surface area contributed by atoms with E-state index < -0.39 is 0 Å². The minimum absolute atomic E-state index is 0.0691. The lowest BCUT2D eigenvalue weighted by Gasteiger charge is -2.21. The van der Waals surface area contributed by atoms with Crippen molar-refractivity contribution in [3.8, 4) is 0 Å². The van der Waals surface area contributed by atoms with Crippen LogP contribution in [0.4, 0.5) is 0 Å². The number of nitrogens with one attached hydrogen (secondary N) is 1. The van der Waals surface area contributed by atoms with Gasteiger partial charge in [0.25, 0.3) is 0 Å². The van der Waals surface area contributed by atoms with Gasteiger partial charge in [-0.15, -0.1) is 0 Å². The zero-order chi connectivity index (χ0) is 8.81. The van der Waals surface area contributed by atoms with E-state index in [1.165, 1.54) is 0 Å². The SMILES string of the molecule is CNCC(=O)OC1CCOCC1. The van der Waals surface area contributed by atoms with Crippen LogP contribution < -0.4 is 5.32 Å². The van der Waals surface area contributed by atoms with E-state index in [0.717, 1.165) is 12.8 Å². The summed E-state index contributed by atoms with van der Waals surface area (Å²) < 4.78 is 10.3. The summed E-state index contributed by atoms with van der Waals surface area (Å²) >= 11 is 0. The third-order valence-electron chi connectivity index (χ3n) is 1.79. The summed E-state index contributed by atoms with van der Waals surface area (Å²) in [5.41, 5.74) is 0. The van der Waals surface area contributed by atoms with E-state index in [2.05, 4.69) is 5.32 Å². The quantitative estimate of drug-likeness (QED) is 0.607.